The van der Waals surface area contributed by atoms with Gasteiger partial charge in [-0.1, -0.05) is 137 Å². The second-order valence-electron chi connectivity index (χ2n) is 17.6. The van der Waals surface area contributed by atoms with Crippen LogP contribution in [0.4, 0.5) is 34.1 Å². The molecule has 0 amide bonds. The Morgan fingerprint density at radius 1 is 0.315 bits per heavy atom. The van der Waals surface area contributed by atoms with Crippen LogP contribution in [0.5, 0.6) is 0 Å². The second-order valence-corrected chi connectivity index (χ2v) is 17.6. The van der Waals surface area contributed by atoms with Crippen molar-refractivity contribution in [3.63, 3.8) is 0 Å². The lowest BCUT2D eigenvalue weighted by Gasteiger charge is -2.35. The van der Waals surface area contributed by atoms with Gasteiger partial charge < -0.3 is 9.80 Å². The molecule has 7 aromatic carbocycles. The first-order valence-corrected chi connectivity index (χ1v) is 19.4. The number of hydrogen-bond donors (Lipinski definition) is 0. The van der Waals surface area contributed by atoms with Crippen molar-refractivity contribution in [3.8, 4) is 0 Å². The van der Waals surface area contributed by atoms with E-state index in [0.717, 1.165) is 17.1 Å². The average molecular weight is 709 g/mol. The molecule has 0 unspecified atom stereocenters. The highest BCUT2D eigenvalue weighted by Crippen LogP contribution is 2.53. The summed E-state index contributed by atoms with van der Waals surface area (Å²) in [6, 6.07) is 46.2. The Morgan fingerprint density at radius 3 is 1.00 bits per heavy atom. The quantitative estimate of drug-likeness (QED) is 0.125. The second kappa shape index (κ2) is 13.8. The van der Waals surface area contributed by atoms with Gasteiger partial charge in [-0.2, -0.15) is 0 Å². The Hall–Kier alpha value is -5.34. The van der Waals surface area contributed by atoms with E-state index >= 15 is 0 Å². The fraction of sp³-hybridized carbons (Fsp3) is 0.269. The zero-order valence-electron chi connectivity index (χ0n) is 34.4. The summed E-state index contributed by atoms with van der Waals surface area (Å²) < 4.78 is 0. The molecule has 0 spiro atoms. The van der Waals surface area contributed by atoms with E-state index in [1.54, 1.807) is 0 Å². The van der Waals surface area contributed by atoms with E-state index in [4.69, 9.17) is 0 Å². The molecule has 274 valence electrons. The first kappa shape index (κ1) is 37.0. The number of aryl methyl sites for hydroxylation is 6. The lowest BCUT2D eigenvalue weighted by Crippen LogP contribution is -2.18. The van der Waals surface area contributed by atoms with Crippen LogP contribution in [0, 0.1) is 41.5 Å². The minimum atomic E-state index is -0.0470. The minimum absolute atomic E-state index is 0.0456. The van der Waals surface area contributed by atoms with Gasteiger partial charge >= 0.3 is 0 Å². The minimum Gasteiger partial charge on any atom is -0.309 e. The van der Waals surface area contributed by atoms with Crippen LogP contribution in [0.1, 0.15) is 86.1 Å². The lowest BCUT2D eigenvalue weighted by atomic mass is 9.82. The van der Waals surface area contributed by atoms with Crippen molar-refractivity contribution in [1.82, 2.24) is 0 Å². The van der Waals surface area contributed by atoms with Crippen molar-refractivity contribution in [1.29, 1.82) is 0 Å². The van der Waals surface area contributed by atoms with Crippen LogP contribution in [0.15, 0.2) is 121 Å². The highest BCUT2D eigenvalue weighted by molar-refractivity contribution is 6.23. The summed E-state index contributed by atoms with van der Waals surface area (Å²) in [5.74, 6) is 0. The molecule has 54 heavy (non-hydrogen) atoms. The van der Waals surface area contributed by atoms with Crippen LogP contribution in [0.3, 0.4) is 0 Å². The summed E-state index contributed by atoms with van der Waals surface area (Å²) >= 11 is 0. The van der Waals surface area contributed by atoms with E-state index in [1.807, 2.05) is 0 Å². The SMILES string of the molecule is Cc1ccc(N(c2ccc(C)cc2)c2c3cc(C(C)(C)C)ccc3c(N(c3ccc(C)cc3)c3c(C)cc(C)cc3C)c3cc(C(C)(C)C)ccc23)cc1. The standard InChI is InChI=1S/C52H56N2/c1-33-13-21-41(22-14-33)53(42-23-15-34(2)16-24-42)49-44-27-19-40(52(10,11)12)32-47(44)50(45-28-20-39(31-46(45)49)51(7,8)9)54(43-25-17-35(3)18-26-43)48-37(5)29-36(4)30-38(48)6/h13-32H,1-12H3. The summed E-state index contributed by atoms with van der Waals surface area (Å²) in [7, 11) is 0. The number of benzene rings is 7. The largest absolute Gasteiger partial charge is 0.309 e. The third kappa shape index (κ3) is 6.91. The Balaban J connectivity index is 1.74. The van der Waals surface area contributed by atoms with Gasteiger partial charge in [0.2, 0.25) is 0 Å². The number of rotatable bonds is 6. The topological polar surface area (TPSA) is 6.48 Å². The molecule has 7 aromatic rings. The van der Waals surface area contributed by atoms with Gasteiger partial charge in [0.25, 0.3) is 0 Å². The lowest BCUT2D eigenvalue weighted by molar-refractivity contribution is 0.590. The molecule has 2 nitrogen and oxygen atoms in total. The maximum atomic E-state index is 2.56. The number of fused-ring (bicyclic) bond motifs is 2. The van der Waals surface area contributed by atoms with E-state index in [-0.39, 0.29) is 10.8 Å². The van der Waals surface area contributed by atoms with Crippen LogP contribution in [0.25, 0.3) is 21.5 Å². The van der Waals surface area contributed by atoms with E-state index in [2.05, 4.69) is 214 Å². The highest BCUT2D eigenvalue weighted by Gasteiger charge is 2.29. The summed E-state index contributed by atoms with van der Waals surface area (Å²) in [5, 5.41) is 4.91. The van der Waals surface area contributed by atoms with Gasteiger partial charge in [-0.05, 0) is 123 Å². The highest BCUT2D eigenvalue weighted by atomic mass is 15.2. The zero-order chi connectivity index (χ0) is 38.7. The average Bonchev–Trinajstić information content (AvgIpc) is 3.10. The van der Waals surface area contributed by atoms with Crippen molar-refractivity contribution in [2.45, 2.75) is 93.9 Å². The van der Waals surface area contributed by atoms with Crippen molar-refractivity contribution in [2.75, 3.05) is 9.80 Å². The fourth-order valence-electron chi connectivity index (χ4n) is 7.98. The van der Waals surface area contributed by atoms with E-state index in [0.29, 0.717) is 0 Å². The molecule has 7 rings (SSSR count). The van der Waals surface area contributed by atoms with Gasteiger partial charge in [0.1, 0.15) is 0 Å². The van der Waals surface area contributed by atoms with Crippen LogP contribution in [0.2, 0.25) is 0 Å². The molecule has 0 saturated carbocycles. The van der Waals surface area contributed by atoms with Gasteiger partial charge in [0.15, 0.2) is 0 Å². The Bertz CT molecular complexity index is 2420. The molecule has 0 aromatic heterocycles. The third-order valence-electron chi connectivity index (χ3n) is 11.0. The molecular formula is C52H56N2. The van der Waals surface area contributed by atoms with Crippen LogP contribution in [-0.2, 0) is 10.8 Å². The molecule has 0 aliphatic heterocycles. The van der Waals surface area contributed by atoms with Crippen LogP contribution < -0.4 is 9.80 Å². The number of hydrogen-bond acceptors (Lipinski definition) is 2. The molecule has 0 aliphatic carbocycles. The Labute approximate surface area is 324 Å². The molecule has 0 aliphatic rings. The predicted octanol–water partition coefficient (Wildman–Crippen LogP) is 15.4. The maximum Gasteiger partial charge on any atom is 0.0620 e. The van der Waals surface area contributed by atoms with Gasteiger partial charge in [0, 0.05) is 38.6 Å². The molecule has 0 saturated heterocycles. The molecule has 0 heterocycles. The summed E-state index contributed by atoms with van der Waals surface area (Å²) in [4.78, 5) is 5.05. The smallest absolute Gasteiger partial charge is 0.0620 e. The van der Waals surface area contributed by atoms with Crippen LogP contribution in [-0.4, -0.2) is 0 Å². The predicted molar refractivity (Wildman–Crippen MR) is 237 cm³/mol. The number of anilines is 6. The normalized spacial score (nSPS) is 12.1. The Kier molecular flexibility index (Phi) is 9.47. The summed E-state index contributed by atoms with van der Waals surface area (Å²) in [5.41, 5.74) is 17.1. The van der Waals surface area contributed by atoms with Crippen molar-refractivity contribution >= 4 is 55.7 Å². The molecule has 0 N–H and O–H groups in total. The van der Waals surface area contributed by atoms with E-state index < -0.39 is 0 Å². The number of nitrogens with zero attached hydrogens (tertiary/aromatic N) is 2. The van der Waals surface area contributed by atoms with Gasteiger partial charge in [-0.3, -0.25) is 0 Å². The molecule has 0 atom stereocenters. The molecule has 0 radical (unpaired) electrons. The zero-order valence-corrected chi connectivity index (χ0v) is 34.4. The maximum absolute atomic E-state index is 2.56. The molecule has 2 heteroatoms. The summed E-state index contributed by atoms with van der Waals surface area (Å²) in [6.45, 7) is 27.2. The summed E-state index contributed by atoms with van der Waals surface area (Å²) in [6.07, 6.45) is 0. The Morgan fingerprint density at radius 2 is 0.648 bits per heavy atom. The monoisotopic (exact) mass is 708 g/mol. The first-order valence-electron chi connectivity index (χ1n) is 19.4. The van der Waals surface area contributed by atoms with Crippen molar-refractivity contribution in [2.24, 2.45) is 0 Å². The molecule has 0 bridgehead atoms. The van der Waals surface area contributed by atoms with Crippen molar-refractivity contribution < 1.29 is 0 Å². The van der Waals surface area contributed by atoms with E-state index in [1.165, 1.54) is 83.1 Å². The fourth-order valence-corrected chi connectivity index (χ4v) is 7.98. The molecular weight excluding hydrogens is 653 g/mol. The van der Waals surface area contributed by atoms with Crippen LogP contribution >= 0.6 is 0 Å². The van der Waals surface area contributed by atoms with Gasteiger partial charge in [-0.15, -0.1) is 0 Å². The molecule has 0 fully saturated rings. The van der Waals surface area contributed by atoms with Gasteiger partial charge in [0.05, 0.1) is 17.1 Å². The first-order chi connectivity index (χ1) is 25.5. The van der Waals surface area contributed by atoms with Gasteiger partial charge in [-0.25, -0.2) is 0 Å². The third-order valence-corrected chi connectivity index (χ3v) is 11.0. The van der Waals surface area contributed by atoms with E-state index in [9.17, 15) is 0 Å². The van der Waals surface area contributed by atoms with Crippen molar-refractivity contribution in [3.05, 3.63) is 166 Å².